The summed E-state index contributed by atoms with van der Waals surface area (Å²) < 4.78 is 34.6. The molecule has 3 atom stereocenters. The van der Waals surface area contributed by atoms with Crippen molar-refractivity contribution in [2.24, 2.45) is 10.9 Å². The van der Waals surface area contributed by atoms with Gasteiger partial charge >= 0.3 is 0 Å². The quantitative estimate of drug-likeness (QED) is 0.413. The van der Waals surface area contributed by atoms with E-state index in [0.717, 1.165) is 37.8 Å². The van der Waals surface area contributed by atoms with E-state index in [2.05, 4.69) is 21.9 Å². The number of carbonyl (C=O) groups excluding carboxylic acids is 1. The summed E-state index contributed by atoms with van der Waals surface area (Å²) in [6.45, 7) is 4.01. The molecule has 0 radical (unpaired) electrons. The first-order chi connectivity index (χ1) is 18.4. The third-order valence-corrected chi connectivity index (χ3v) is 7.20. The van der Waals surface area contributed by atoms with E-state index in [9.17, 15) is 9.18 Å². The van der Waals surface area contributed by atoms with Gasteiger partial charge < -0.3 is 15.8 Å². The topological polar surface area (TPSA) is 102 Å². The first-order valence-corrected chi connectivity index (χ1v) is 12.7. The van der Waals surface area contributed by atoms with Gasteiger partial charge in [-0.3, -0.25) is 9.79 Å². The molecule has 196 valence electrons. The minimum absolute atomic E-state index is 0.0778. The Morgan fingerprint density at radius 2 is 1.97 bits per heavy atom. The molecular formula is C29H29F2N5O2. The molecular weight excluding hydrogens is 488 g/mol. The molecule has 3 N–H and O–H groups in total. The summed E-state index contributed by atoms with van der Waals surface area (Å²) in [6, 6.07) is 10.3. The summed E-state index contributed by atoms with van der Waals surface area (Å²) in [7, 11) is 0. The number of anilines is 1. The van der Waals surface area contributed by atoms with Gasteiger partial charge in [0.2, 0.25) is 5.91 Å². The van der Waals surface area contributed by atoms with Crippen molar-refractivity contribution in [1.82, 2.24) is 15.3 Å². The van der Waals surface area contributed by atoms with Gasteiger partial charge in [-0.25, -0.2) is 18.7 Å². The lowest BCUT2D eigenvalue weighted by Crippen LogP contribution is -2.31. The van der Waals surface area contributed by atoms with Crippen LogP contribution in [0.4, 0.5) is 14.6 Å². The zero-order valence-electron chi connectivity index (χ0n) is 20.9. The fourth-order valence-corrected chi connectivity index (χ4v) is 5.46. The number of halogens is 2. The number of hydrogen-bond acceptors (Lipinski definition) is 6. The fourth-order valence-electron chi connectivity index (χ4n) is 5.46. The predicted octanol–water partition coefficient (Wildman–Crippen LogP) is 5.32. The van der Waals surface area contributed by atoms with Gasteiger partial charge in [0, 0.05) is 36.2 Å². The van der Waals surface area contributed by atoms with Crippen LogP contribution in [0.3, 0.4) is 0 Å². The SMILES string of the molecule is C=CC(=O)N[C@@H]1CC[C@@H](C[C@H]2CCN=C(c3ccc(Oc4cccc(F)c4)cc3F)c3c(N)ncnc32)C1. The zero-order chi connectivity index (χ0) is 26.6. The highest BCUT2D eigenvalue weighted by Crippen LogP contribution is 2.39. The van der Waals surface area contributed by atoms with E-state index < -0.39 is 11.6 Å². The van der Waals surface area contributed by atoms with Crippen molar-refractivity contribution in [3.8, 4) is 11.5 Å². The summed E-state index contributed by atoms with van der Waals surface area (Å²) in [5.74, 6) is 0.121. The first kappa shape index (κ1) is 25.5. The van der Waals surface area contributed by atoms with Crippen LogP contribution in [0.1, 0.15) is 54.8 Å². The van der Waals surface area contributed by atoms with Crippen LogP contribution in [0, 0.1) is 17.6 Å². The molecule has 0 spiro atoms. The highest BCUT2D eigenvalue weighted by atomic mass is 19.1. The van der Waals surface area contributed by atoms with E-state index in [1.807, 2.05) is 0 Å². The molecule has 1 aliphatic heterocycles. The van der Waals surface area contributed by atoms with Gasteiger partial charge in [-0.05, 0) is 68.4 Å². The van der Waals surface area contributed by atoms with Gasteiger partial charge in [0.05, 0.1) is 17.0 Å². The largest absolute Gasteiger partial charge is 0.457 e. The molecule has 2 heterocycles. The molecule has 1 aliphatic carbocycles. The van der Waals surface area contributed by atoms with Crippen molar-refractivity contribution in [2.75, 3.05) is 12.3 Å². The molecule has 7 nitrogen and oxygen atoms in total. The molecule has 1 fully saturated rings. The van der Waals surface area contributed by atoms with Crippen LogP contribution in [-0.2, 0) is 4.79 Å². The number of ether oxygens (including phenoxy) is 1. The van der Waals surface area contributed by atoms with Crippen molar-refractivity contribution < 1.29 is 18.3 Å². The van der Waals surface area contributed by atoms with E-state index >= 15 is 4.39 Å². The molecule has 2 aromatic carbocycles. The number of aliphatic imine (C=N–C) groups is 1. The Kier molecular flexibility index (Phi) is 7.44. The van der Waals surface area contributed by atoms with Gasteiger partial charge in [-0.1, -0.05) is 12.6 Å². The van der Waals surface area contributed by atoms with Crippen molar-refractivity contribution >= 4 is 17.4 Å². The second-order valence-electron chi connectivity index (χ2n) is 9.76. The van der Waals surface area contributed by atoms with E-state index in [0.29, 0.717) is 23.7 Å². The fraction of sp³-hybridized carbons (Fsp3) is 0.310. The molecule has 1 amide bonds. The van der Waals surface area contributed by atoms with Gasteiger partial charge in [0.15, 0.2) is 0 Å². The number of nitrogens with two attached hydrogens (primary N) is 1. The summed E-state index contributed by atoms with van der Waals surface area (Å²) in [4.78, 5) is 25.2. The summed E-state index contributed by atoms with van der Waals surface area (Å²) in [5, 5.41) is 3.00. The minimum atomic E-state index is -0.540. The molecule has 0 saturated heterocycles. The average Bonchev–Trinajstić information content (AvgIpc) is 3.24. The Balaban J connectivity index is 1.38. The van der Waals surface area contributed by atoms with Crippen LogP contribution in [0.25, 0.3) is 0 Å². The Bertz CT molecular complexity index is 1390. The lowest BCUT2D eigenvalue weighted by atomic mass is 9.86. The highest BCUT2D eigenvalue weighted by Gasteiger charge is 2.32. The van der Waals surface area contributed by atoms with Gasteiger partial charge in [-0.2, -0.15) is 0 Å². The van der Waals surface area contributed by atoms with Crippen LogP contribution in [0.2, 0.25) is 0 Å². The number of hydrogen-bond donors (Lipinski definition) is 2. The van der Waals surface area contributed by atoms with E-state index in [-0.39, 0.29) is 40.7 Å². The molecule has 0 unspecified atom stereocenters. The second-order valence-corrected chi connectivity index (χ2v) is 9.76. The van der Waals surface area contributed by atoms with Crippen LogP contribution in [0.5, 0.6) is 11.5 Å². The Morgan fingerprint density at radius 1 is 1.13 bits per heavy atom. The maximum absolute atomic E-state index is 15.4. The summed E-state index contributed by atoms with van der Waals surface area (Å²) >= 11 is 0. The van der Waals surface area contributed by atoms with Crippen molar-refractivity contribution in [3.05, 3.63) is 89.9 Å². The van der Waals surface area contributed by atoms with Crippen LogP contribution in [0.15, 0.2) is 66.4 Å². The van der Waals surface area contributed by atoms with Crippen LogP contribution >= 0.6 is 0 Å². The molecule has 1 saturated carbocycles. The lowest BCUT2D eigenvalue weighted by molar-refractivity contribution is -0.117. The number of rotatable bonds is 7. The third kappa shape index (κ3) is 5.56. The van der Waals surface area contributed by atoms with Gasteiger partial charge in [-0.15, -0.1) is 0 Å². The Hall–Kier alpha value is -4.14. The monoisotopic (exact) mass is 517 g/mol. The number of aromatic nitrogens is 2. The van der Waals surface area contributed by atoms with Crippen LogP contribution < -0.4 is 15.8 Å². The number of benzene rings is 2. The maximum atomic E-state index is 15.4. The number of amides is 1. The molecule has 5 rings (SSSR count). The lowest BCUT2D eigenvalue weighted by Gasteiger charge is -2.21. The standard InChI is InChI=1S/C29H29F2N5O2/c1-2-25(37)36-20-7-6-17(13-20)12-18-10-11-33-28(26-27(18)34-16-35-29(26)32)23-9-8-22(15-24(23)31)38-21-5-3-4-19(30)14-21/h2-5,8-9,14-18,20H,1,6-7,10-13H2,(H,36,37)(H2,32,34,35)/t17-,18+,20+/m0/s1. The molecule has 1 aromatic heterocycles. The minimum Gasteiger partial charge on any atom is -0.457 e. The average molecular weight is 518 g/mol. The Labute approximate surface area is 219 Å². The smallest absolute Gasteiger partial charge is 0.243 e. The van der Waals surface area contributed by atoms with Crippen LogP contribution in [-0.4, -0.2) is 34.2 Å². The second kappa shape index (κ2) is 11.1. The molecule has 9 heteroatoms. The van der Waals surface area contributed by atoms with E-state index in [1.165, 1.54) is 36.7 Å². The first-order valence-electron chi connectivity index (χ1n) is 12.7. The van der Waals surface area contributed by atoms with Gasteiger partial charge in [0.25, 0.3) is 0 Å². The normalized spacial score (nSPS) is 20.7. The molecule has 2 aliphatic rings. The predicted molar refractivity (Wildman–Crippen MR) is 141 cm³/mol. The Morgan fingerprint density at radius 3 is 2.76 bits per heavy atom. The maximum Gasteiger partial charge on any atom is 0.243 e. The van der Waals surface area contributed by atoms with E-state index in [1.54, 1.807) is 18.2 Å². The number of nitrogens with one attached hydrogen (secondary N) is 1. The molecule has 38 heavy (non-hydrogen) atoms. The number of nitrogens with zero attached hydrogens (tertiary/aromatic N) is 3. The number of nitrogen functional groups attached to an aromatic ring is 1. The molecule has 0 bridgehead atoms. The van der Waals surface area contributed by atoms with Gasteiger partial charge in [0.1, 0.15) is 35.3 Å². The molecule has 3 aromatic rings. The zero-order valence-corrected chi connectivity index (χ0v) is 20.9. The van der Waals surface area contributed by atoms with Crippen molar-refractivity contribution in [3.63, 3.8) is 0 Å². The summed E-state index contributed by atoms with van der Waals surface area (Å²) in [6.07, 6.45) is 7.17. The van der Waals surface area contributed by atoms with E-state index in [4.69, 9.17) is 15.5 Å². The van der Waals surface area contributed by atoms with Crippen molar-refractivity contribution in [2.45, 2.75) is 44.1 Å². The highest BCUT2D eigenvalue weighted by molar-refractivity contribution is 6.16. The third-order valence-electron chi connectivity index (χ3n) is 7.20. The summed E-state index contributed by atoms with van der Waals surface area (Å²) in [5.41, 5.74) is 8.34. The number of fused-ring (bicyclic) bond motifs is 1. The van der Waals surface area contributed by atoms with Crippen molar-refractivity contribution in [1.29, 1.82) is 0 Å². The number of carbonyl (C=O) groups is 1.